The first-order chi connectivity index (χ1) is 12.7. The third kappa shape index (κ3) is 3.64. The zero-order chi connectivity index (χ0) is 19.8. The number of carboxylic acids is 1. The van der Waals surface area contributed by atoms with Crippen LogP contribution >= 0.6 is 0 Å². The van der Waals surface area contributed by atoms with E-state index >= 15 is 0 Å². The van der Waals surface area contributed by atoms with E-state index in [0.29, 0.717) is 22.3 Å². The van der Waals surface area contributed by atoms with Gasteiger partial charge in [-0.3, -0.25) is 9.59 Å². The van der Waals surface area contributed by atoms with Crippen molar-refractivity contribution in [2.75, 3.05) is 6.54 Å². The fraction of sp³-hybridized carbons (Fsp3) is 0.263. The summed E-state index contributed by atoms with van der Waals surface area (Å²) in [5.74, 6) is -1.87. The first-order valence-electron chi connectivity index (χ1n) is 8.23. The molecular formula is C19H18FN3O4. The number of benzene rings is 1. The highest BCUT2D eigenvalue weighted by molar-refractivity contribution is 6.07. The number of fused-ring (bicyclic) bond motifs is 1. The number of carboxylic acid groups (broad SMARTS) is 1. The normalized spacial score (nSPS) is 11.6. The van der Waals surface area contributed by atoms with E-state index in [9.17, 15) is 19.1 Å². The molecule has 0 radical (unpaired) electrons. The summed E-state index contributed by atoms with van der Waals surface area (Å²) in [6, 6.07) is 7.23. The number of nitrogens with one attached hydrogen (secondary N) is 1. The molecular weight excluding hydrogens is 353 g/mol. The number of amides is 1. The lowest BCUT2D eigenvalue weighted by atomic mass is 9.93. The predicted molar refractivity (Wildman–Crippen MR) is 95.7 cm³/mol. The van der Waals surface area contributed by atoms with Gasteiger partial charge in [0.15, 0.2) is 0 Å². The van der Waals surface area contributed by atoms with Gasteiger partial charge < -0.3 is 14.9 Å². The molecule has 0 saturated carbocycles. The number of aliphatic carboxylic acids is 1. The number of carbonyl (C=O) groups excluding carboxylic acids is 1. The molecule has 8 heteroatoms. The summed E-state index contributed by atoms with van der Waals surface area (Å²) in [4.78, 5) is 28.3. The summed E-state index contributed by atoms with van der Waals surface area (Å²) in [5, 5.41) is 16.1. The molecule has 0 spiro atoms. The third-order valence-electron chi connectivity index (χ3n) is 4.27. The molecule has 7 nitrogen and oxygen atoms in total. The van der Waals surface area contributed by atoms with Crippen LogP contribution in [0.2, 0.25) is 0 Å². The minimum absolute atomic E-state index is 0.0544. The van der Waals surface area contributed by atoms with Gasteiger partial charge in [0.2, 0.25) is 0 Å². The Bertz CT molecular complexity index is 1030. The number of nitrogens with zero attached hydrogens (tertiary/aromatic N) is 2. The number of rotatable bonds is 5. The molecule has 0 saturated heterocycles. The Kier molecular flexibility index (Phi) is 4.65. The van der Waals surface area contributed by atoms with Gasteiger partial charge in [-0.15, -0.1) is 0 Å². The molecule has 0 unspecified atom stereocenters. The van der Waals surface area contributed by atoms with Crippen LogP contribution in [0.25, 0.3) is 22.4 Å². The van der Waals surface area contributed by atoms with Crippen LogP contribution in [0.3, 0.4) is 0 Å². The highest BCUT2D eigenvalue weighted by Crippen LogP contribution is 2.27. The van der Waals surface area contributed by atoms with Crippen molar-refractivity contribution < 1.29 is 23.6 Å². The van der Waals surface area contributed by atoms with Gasteiger partial charge in [0.05, 0.1) is 27.8 Å². The molecule has 1 amide bonds. The Morgan fingerprint density at radius 1 is 1.26 bits per heavy atom. The maximum atomic E-state index is 13.2. The molecule has 0 aliphatic rings. The second-order valence-corrected chi connectivity index (χ2v) is 6.88. The van der Waals surface area contributed by atoms with Crippen molar-refractivity contribution in [1.82, 2.24) is 15.5 Å². The molecule has 0 aliphatic carbocycles. The number of aromatic nitrogens is 2. The molecule has 0 bridgehead atoms. The van der Waals surface area contributed by atoms with Gasteiger partial charge in [-0.2, -0.15) is 0 Å². The molecule has 2 N–H and O–H groups in total. The number of hydrogen-bond donors (Lipinski definition) is 2. The van der Waals surface area contributed by atoms with Gasteiger partial charge in [-0.1, -0.05) is 5.16 Å². The Balaban J connectivity index is 2.02. The van der Waals surface area contributed by atoms with Crippen LogP contribution in [0.5, 0.6) is 0 Å². The van der Waals surface area contributed by atoms with Crippen LogP contribution in [0.1, 0.15) is 29.9 Å². The average molecular weight is 371 g/mol. The summed E-state index contributed by atoms with van der Waals surface area (Å²) in [5.41, 5.74) is 0.834. The quantitative estimate of drug-likeness (QED) is 0.714. The summed E-state index contributed by atoms with van der Waals surface area (Å²) in [7, 11) is 0. The third-order valence-corrected chi connectivity index (χ3v) is 4.27. The molecule has 0 aliphatic heterocycles. The Morgan fingerprint density at radius 2 is 1.93 bits per heavy atom. The lowest BCUT2D eigenvalue weighted by Crippen LogP contribution is -2.39. The molecule has 2 heterocycles. The lowest BCUT2D eigenvalue weighted by Gasteiger charge is -2.19. The molecule has 1 aromatic carbocycles. The minimum Gasteiger partial charge on any atom is -0.481 e. The highest BCUT2D eigenvalue weighted by atomic mass is 19.1. The van der Waals surface area contributed by atoms with Crippen LogP contribution in [-0.2, 0) is 4.79 Å². The van der Waals surface area contributed by atoms with Gasteiger partial charge in [-0.25, -0.2) is 9.37 Å². The number of pyridine rings is 1. The van der Waals surface area contributed by atoms with E-state index in [4.69, 9.17) is 4.52 Å². The van der Waals surface area contributed by atoms with Crippen molar-refractivity contribution in [2.45, 2.75) is 20.8 Å². The average Bonchev–Trinajstić information content (AvgIpc) is 3.00. The van der Waals surface area contributed by atoms with Crippen molar-refractivity contribution in [1.29, 1.82) is 0 Å². The number of carbonyl (C=O) groups is 2. The van der Waals surface area contributed by atoms with Crippen molar-refractivity contribution in [3.8, 4) is 11.3 Å². The van der Waals surface area contributed by atoms with Crippen molar-refractivity contribution in [3.05, 3.63) is 47.4 Å². The van der Waals surface area contributed by atoms with E-state index in [-0.39, 0.29) is 23.6 Å². The monoisotopic (exact) mass is 371 g/mol. The van der Waals surface area contributed by atoms with E-state index in [1.165, 1.54) is 26.0 Å². The summed E-state index contributed by atoms with van der Waals surface area (Å²) in [6.07, 6.45) is 0. The molecule has 3 aromatic rings. The van der Waals surface area contributed by atoms with Gasteiger partial charge in [-0.05, 0) is 51.1 Å². The van der Waals surface area contributed by atoms with Crippen LogP contribution in [0, 0.1) is 18.2 Å². The molecule has 140 valence electrons. The minimum atomic E-state index is -1.12. The Morgan fingerprint density at radius 3 is 2.56 bits per heavy atom. The van der Waals surface area contributed by atoms with Gasteiger partial charge in [0.25, 0.3) is 11.6 Å². The highest BCUT2D eigenvalue weighted by Gasteiger charge is 2.28. The van der Waals surface area contributed by atoms with E-state index < -0.39 is 17.3 Å². The SMILES string of the molecule is Cc1noc2nc(-c3ccc(F)cc3)cc(C(=O)NCC(C)(C)C(=O)O)c12. The largest absolute Gasteiger partial charge is 0.481 e. The Labute approximate surface area is 154 Å². The number of hydrogen-bond acceptors (Lipinski definition) is 5. The topological polar surface area (TPSA) is 105 Å². The molecule has 0 fully saturated rings. The summed E-state index contributed by atoms with van der Waals surface area (Å²) in [6.45, 7) is 4.67. The van der Waals surface area contributed by atoms with Crippen molar-refractivity contribution in [3.63, 3.8) is 0 Å². The summed E-state index contributed by atoms with van der Waals surface area (Å²) < 4.78 is 18.4. The summed E-state index contributed by atoms with van der Waals surface area (Å²) >= 11 is 0. The first-order valence-corrected chi connectivity index (χ1v) is 8.23. The zero-order valence-electron chi connectivity index (χ0n) is 15.0. The van der Waals surface area contributed by atoms with E-state index in [1.807, 2.05) is 0 Å². The first kappa shape index (κ1) is 18.5. The van der Waals surface area contributed by atoms with E-state index in [1.54, 1.807) is 25.1 Å². The van der Waals surface area contributed by atoms with Crippen molar-refractivity contribution in [2.24, 2.45) is 5.41 Å². The van der Waals surface area contributed by atoms with E-state index in [2.05, 4.69) is 15.5 Å². The predicted octanol–water partition coefficient (Wildman–Crippen LogP) is 3.18. The van der Waals surface area contributed by atoms with Crippen molar-refractivity contribution >= 4 is 23.0 Å². The molecule has 0 atom stereocenters. The maximum absolute atomic E-state index is 13.2. The second-order valence-electron chi connectivity index (χ2n) is 6.88. The fourth-order valence-electron chi connectivity index (χ4n) is 2.51. The second kappa shape index (κ2) is 6.79. The molecule has 2 aromatic heterocycles. The van der Waals surface area contributed by atoms with Crippen LogP contribution < -0.4 is 5.32 Å². The smallest absolute Gasteiger partial charge is 0.310 e. The standard InChI is InChI=1S/C19H18FN3O4/c1-10-15-13(16(24)21-9-19(2,3)18(25)26)8-14(22-17(15)27-23-10)11-4-6-12(20)7-5-11/h4-8H,9H2,1-3H3,(H,21,24)(H,25,26). The maximum Gasteiger partial charge on any atom is 0.310 e. The van der Waals surface area contributed by atoms with Crippen LogP contribution in [0.4, 0.5) is 4.39 Å². The van der Waals surface area contributed by atoms with Crippen LogP contribution in [-0.4, -0.2) is 33.7 Å². The number of aryl methyl sites for hydroxylation is 1. The van der Waals surface area contributed by atoms with Gasteiger partial charge in [0, 0.05) is 12.1 Å². The van der Waals surface area contributed by atoms with E-state index in [0.717, 1.165) is 0 Å². The molecule has 3 rings (SSSR count). The van der Waals surface area contributed by atoms with Crippen LogP contribution in [0.15, 0.2) is 34.9 Å². The zero-order valence-corrected chi connectivity index (χ0v) is 15.0. The Hall–Kier alpha value is -3.29. The molecule has 27 heavy (non-hydrogen) atoms. The fourth-order valence-corrected chi connectivity index (χ4v) is 2.51. The van der Waals surface area contributed by atoms with Gasteiger partial charge >= 0.3 is 5.97 Å². The van der Waals surface area contributed by atoms with Gasteiger partial charge in [0.1, 0.15) is 5.82 Å². The lowest BCUT2D eigenvalue weighted by molar-refractivity contribution is -0.146. The number of halogens is 1.